The van der Waals surface area contributed by atoms with Gasteiger partial charge in [0.15, 0.2) is 18.5 Å². The molecule has 10 heteroatoms. The lowest BCUT2D eigenvalue weighted by atomic mass is 9.81. The Morgan fingerprint density at radius 3 is 2.32 bits per heavy atom. The number of esters is 1. The number of para-hydroxylation sites is 2. The van der Waals surface area contributed by atoms with Gasteiger partial charge in [-0.2, -0.15) is 0 Å². The lowest BCUT2D eigenvalue weighted by Crippen LogP contribution is -3.00. The minimum Gasteiger partial charge on any atom is -1.00 e. The second kappa shape index (κ2) is 9.85. The zero-order chi connectivity index (χ0) is 24.8. The number of nitrogens with one attached hydrogen (secondary N) is 1. The molecule has 192 valence electrons. The molecule has 9 nitrogen and oxygen atoms in total. The van der Waals surface area contributed by atoms with Gasteiger partial charge in [-0.3, -0.25) is 9.78 Å². The number of hydrogen-bond acceptors (Lipinski definition) is 7. The zero-order valence-corrected chi connectivity index (χ0v) is 21.6. The maximum atomic E-state index is 13.7. The van der Waals surface area contributed by atoms with Gasteiger partial charge in [0.1, 0.15) is 18.0 Å². The highest BCUT2D eigenvalue weighted by atomic mass is 79.9. The first kappa shape index (κ1) is 25.3. The summed E-state index contributed by atoms with van der Waals surface area (Å²) in [5, 5.41) is 14.7. The molecule has 0 aliphatic carbocycles. The Morgan fingerprint density at radius 2 is 1.70 bits per heavy atom. The van der Waals surface area contributed by atoms with Crippen molar-refractivity contribution in [2.45, 2.75) is 24.5 Å². The number of aliphatic hydroxyl groups is 1. The van der Waals surface area contributed by atoms with Crippen molar-refractivity contribution in [3.63, 3.8) is 0 Å². The van der Waals surface area contributed by atoms with Gasteiger partial charge in [-0.25, -0.2) is 9.78 Å². The molecule has 0 spiro atoms. The molecule has 3 aromatic rings. The number of nitrogens with zero attached hydrogens (tertiary/aromatic N) is 3. The molecule has 4 aliphatic rings. The Kier molecular flexibility index (Phi) is 6.74. The van der Waals surface area contributed by atoms with E-state index < -0.39 is 17.7 Å². The topological polar surface area (TPSA) is 111 Å². The van der Waals surface area contributed by atoms with Crippen molar-refractivity contribution in [2.75, 3.05) is 31.5 Å². The van der Waals surface area contributed by atoms with Crippen LogP contribution in [0.15, 0.2) is 67.1 Å². The van der Waals surface area contributed by atoms with E-state index in [1.54, 1.807) is 54.7 Å². The third-order valence-electron chi connectivity index (χ3n) is 7.68. The zero-order valence-electron chi connectivity index (χ0n) is 20.0. The SMILES string of the molecule is O=C(C[N+]12CCC(CC1)[C@@H](OC(=O)C1(O)c3ccccc3Oc3ccccc31)C2)Nc1cnccn1.[Br-]. The molecule has 2 N–H and O–H groups in total. The minimum absolute atomic E-state index is 0. The van der Waals surface area contributed by atoms with Crippen molar-refractivity contribution in [2.24, 2.45) is 5.92 Å². The second-order valence-corrected chi connectivity index (χ2v) is 9.85. The van der Waals surface area contributed by atoms with Gasteiger partial charge in [-0.1, -0.05) is 36.4 Å². The molecule has 7 rings (SSSR count). The summed E-state index contributed by atoms with van der Waals surface area (Å²) in [6.45, 7) is 2.48. The van der Waals surface area contributed by atoms with Crippen LogP contribution in [0.4, 0.5) is 5.82 Å². The highest BCUT2D eigenvalue weighted by Crippen LogP contribution is 2.48. The fraction of sp³-hybridized carbons (Fsp3) is 0.333. The predicted molar refractivity (Wildman–Crippen MR) is 129 cm³/mol. The van der Waals surface area contributed by atoms with Crippen LogP contribution in [0.2, 0.25) is 0 Å². The smallest absolute Gasteiger partial charge is 0.348 e. The first-order chi connectivity index (χ1) is 17.5. The number of carbonyl (C=O) groups is 2. The minimum atomic E-state index is -1.98. The van der Waals surface area contributed by atoms with Crippen LogP contribution in [0.3, 0.4) is 0 Å². The largest absolute Gasteiger partial charge is 1.00 e. The molecular formula is C27H27BrN4O5. The first-order valence-electron chi connectivity index (χ1n) is 12.2. The summed E-state index contributed by atoms with van der Waals surface area (Å²) in [6.07, 6.45) is 5.90. The lowest BCUT2D eigenvalue weighted by Gasteiger charge is -2.51. The molecule has 3 fully saturated rings. The summed E-state index contributed by atoms with van der Waals surface area (Å²) in [7, 11) is 0. The standard InChI is InChI=1S/C27H26N4O5.BrH/c32-25(30-24-15-28-11-12-29-24)17-31-13-9-18(10-14-31)23(16-31)36-26(33)27(34)19-5-1-3-7-21(19)35-22-8-4-2-6-20(22)27;/h1-8,11-12,15,18,23,34H,9-10,13-14,16-17H2;1H/t18?,23-,31?;/m0./s1. The average Bonchev–Trinajstić information content (AvgIpc) is 2.90. The van der Waals surface area contributed by atoms with E-state index in [-0.39, 0.29) is 35.4 Å². The van der Waals surface area contributed by atoms with E-state index in [4.69, 9.17) is 9.47 Å². The van der Waals surface area contributed by atoms with Crippen LogP contribution in [0.25, 0.3) is 0 Å². The molecule has 5 heterocycles. The maximum Gasteiger partial charge on any atom is 0.348 e. The van der Waals surface area contributed by atoms with Crippen molar-refractivity contribution in [3.05, 3.63) is 78.2 Å². The molecule has 37 heavy (non-hydrogen) atoms. The fourth-order valence-electron chi connectivity index (χ4n) is 5.84. The van der Waals surface area contributed by atoms with Crippen molar-refractivity contribution in [3.8, 4) is 11.5 Å². The van der Waals surface area contributed by atoms with Crippen LogP contribution < -0.4 is 27.0 Å². The van der Waals surface area contributed by atoms with Crippen LogP contribution in [0.1, 0.15) is 24.0 Å². The normalized spacial score (nSPS) is 24.5. The van der Waals surface area contributed by atoms with Crippen molar-refractivity contribution < 1.29 is 45.6 Å². The van der Waals surface area contributed by atoms with E-state index in [9.17, 15) is 14.7 Å². The van der Waals surface area contributed by atoms with Gasteiger partial charge in [0.05, 0.1) is 19.3 Å². The Bertz CT molecular complexity index is 1270. The highest BCUT2D eigenvalue weighted by Gasteiger charge is 2.53. The van der Waals surface area contributed by atoms with Crippen molar-refractivity contribution >= 4 is 17.7 Å². The molecular weight excluding hydrogens is 540 g/mol. The van der Waals surface area contributed by atoms with Gasteiger partial charge in [0.25, 0.3) is 5.91 Å². The Morgan fingerprint density at radius 1 is 1.05 bits per heavy atom. The van der Waals surface area contributed by atoms with Crippen molar-refractivity contribution in [1.29, 1.82) is 0 Å². The molecule has 2 aromatic carbocycles. The van der Waals surface area contributed by atoms with E-state index in [1.807, 2.05) is 0 Å². The summed E-state index contributed by atoms with van der Waals surface area (Å²) in [4.78, 5) is 34.6. The predicted octanol–water partition coefficient (Wildman–Crippen LogP) is -0.387. The molecule has 1 atom stereocenters. The lowest BCUT2D eigenvalue weighted by molar-refractivity contribution is -0.939. The van der Waals surface area contributed by atoms with Crippen LogP contribution in [-0.2, 0) is 19.9 Å². The molecule has 4 aliphatic heterocycles. The fourth-order valence-corrected chi connectivity index (χ4v) is 5.84. The molecule has 3 saturated heterocycles. The van der Waals surface area contributed by atoms with E-state index >= 15 is 0 Å². The number of carbonyl (C=O) groups excluding carboxylic acids is 2. The molecule has 0 unspecified atom stereocenters. The number of rotatable bonds is 5. The third kappa shape index (κ3) is 4.49. The van der Waals surface area contributed by atoms with Crippen LogP contribution in [-0.4, -0.2) is 63.7 Å². The number of hydrogen-bond donors (Lipinski definition) is 2. The number of anilines is 1. The van der Waals surface area contributed by atoms with Crippen LogP contribution in [0.5, 0.6) is 11.5 Å². The number of aromatic nitrogens is 2. The Labute approximate surface area is 224 Å². The molecule has 2 bridgehead atoms. The van der Waals surface area contributed by atoms with Crippen LogP contribution in [0, 0.1) is 5.92 Å². The average molecular weight is 567 g/mol. The summed E-state index contributed by atoms with van der Waals surface area (Å²) in [6, 6.07) is 14.0. The number of halogens is 1. The van der Waals surface area contributed by atoms with Gasteiger partial charge >= 0.3 is 5.97 Å². The molecule has 0 saturated carbocycles. The van der Waals surface area contributed by atoms with E-state index in [1.165, 1.54) is 12.4 Å². The number of piperidine rings is 3. The van der Waals surface area contributed by atoms with Crippen molar-refractivity contribution in [1.82, 2.24) is 9.97 Å². The van der Waals surface area contributed by atoms with Gasteiger partial charge in [-0.05, 0) is 12.1 Å². The Balaban J connectivity index is 0.00000280. The number of quaternary nitrogens is 1. The Hall–Kier alpha value is -3.34. The van der Waals surface area contributed by atoms with Gasteiger partial charge in [0.2, 0.25) is 5.60 Å². The quantitative estimate of drug-likeness (QED) is 0.320. The first-order valence-corrected chi connectivity index (χ1v) is 12.2. The van der Waals surface area contributed by atoms with Gasteiger partial charge < -0.3 is 41.4 Å². The maximum absolute atomic E-state index is 13.7. The third-order valence-corrected chi connectivity index (χ3v) is 7.68. The monoisotopic (exact) mass is 566 g/mol. The van der Waals surface area contributed by atoms with E-state index in [2.05, 4.69) is 15.3 Å². The number of fused-ring (bicyclic) bond motifs is 5. The summed E-state index contributed by atoms with van der Waals surface area (Å²) >= 11 is 0. The highest BCUT2D eigenvalue weighted by molar-refractivity contribution is 5.90. The number of benzene rings is 2. The second-order valence-electron chi connectivity index (χ2n) is 9.85. The molecule has 1 aromatic heterocycles. The van der Waals surface area contributed by atoms with Crippen LogP contribution >= 0.6 is 0 Å². The number of ether oxygens (including phenoxy) is 2. The number of amides is 1. The summed E-state index contributed by atoms with van der Waals surface area (Å²) in [5.41, 5.74) is -1.25. The molecule has 0 radical (unpaired) electrons. The van der Waals surface area contributed by atoms with E-state index in [0.29, 0.717) is 39.5 Å². The summed E-state index contributed by atoms with van der Waals surface area (Å²) < 4.78 is 12.6. The van der Waals surface area contributed by atoms with E-state index in [0.717, 1.165) is 25.9 Å². The van der Waals surface area contributed by atoms with Gasteiger partial charge in [0, 0.05) is 42.3 Å². The summed E-state index contributed by atoms with van der Waals surface area (Å²) in [5.74, 6) is 0.599. The molecule has 1 amide bonds. The van der Waals surface area contributed by atoms with Gasteiger partial charge in [-0.15, -0.1) is 0 Å².